The molecule has 3 rings (SSSR count). The maximum atomic E-state index is 12.3. The Balaban J connectivity index is 1.91. The summed E-state index contributed by atoms with van der Waals surface area (Å²) in [6.07, 6.45) is 0. The molecule has 0 atom stereocenters. The molecule has 0 spiro atoms. The molecule has 1 aliphatic rings. The van der Waals surface area contributed by atoms with Gasteiger partial charge in [-0.25, -0.2) is 0 Å². The molecular weight excluding hydrogens is 262 g/mol. The van der Waals surface area contributed by atoms with Crippen LogP contribution in [-0.4, -0.2) is 16.7 Å². The van der Waals surface area contributed by atoms with Crippen LogP contribution in [0.1, 0.15) is 26.3 Å². The Kier molecular flexibility index (Phi) is 2.84. The Morgan fingerprint density at radius 1 is 1.05 bits per heavy atom. The van der Waals surface area contributed by atoms with Gasteiger partial charge in [0.1, 0.15) is 0 Å². The first-order valence-electron chi connectivity index (χ1n) is 5.86. The molecule has 2 aromatic rings. The molecule has 1 heterocycles. The Bertz CT molecular complexity index is 664. The van der Waals surface area contributed by atoms with Crippen LogP contribution in [0.2, 0.25) is 5.02 Å². The predicted octanol–water partition coefficient (Wildman–Crippen LogP) is 3.14. The summed E-state index contributed by atoms with van der Waals surface area (Å²) in [4.78, 5) is 25.7. The van der Waals surface area contributed by atoms with Gasteiger partial charge in [0.15, 0.2) is 0 Å². The van der Waals surface area contributed by atoms with E-state index in [2.05, 4.69) is 0 Å². The summed E-state index contributed by atoms with van der Waals surface area (Å²) in [6, 6.07) is 13.8. The van der Waals surface area contributed by atoms with E-state index in [0.717, 1.165) is 5.56 Å². The van der Waals surface area contributed by atoms with Gasteiger partial charge in [0, 0.05) is 16.1 Å². The molecule has 0 unspecified atom stereocenters. The monoisotopic (exact) mass is 271 g/mol. The lowest BCUT2D eigenvalue weighted by Gasteiger charge is -2.13. The Morgan fingerprint density at radius 3 is 2.42 bits per heavy atom. The molecule has 19 heavy (non-hydrogen) atoms. The SMILES string of the molecule is O=C(c1ccc(Cl)cc1)N1Cc2ccccc2C1=O. The number of nitrogens with zero attached hydrogens (tertiary/aromatic N) is 1. The van der Waals surface area contributed by atoms with Crippen LogP contribution in [0.4, 0.5) is 0 Å². The number of fused-ring (bicyclic) bond motifs is 1. The van der Waals surface area contributed by atoms with Crippen molar-refractivity contribution in [2.75, 3.05) is 0 Å². The maximum absolute atomic E-state index is 12.3. The van der Waals surface area contributed by atoms with Crippen LogP contribution in [0, 0.1) is 0 Å². The van der Waals surface area contributed by atoms with Crippen LogP contribution in [0.15, 0.2) is 48.5 Å². The maximum Gasteiger partial charge on any atom is 0.261 e. The molecular formula is C15H10ClNO2. The molecule has 3 nitrogen and oxygen atoms in total. The number of halogens is 1. The highest BCUT2D eigenvalue weighted by molar-refractivity contribution is 6.30. The lowest BCUT2D eigenvalue weighted by Crippen LogP contribution is -2.31. The Morgan fingerprint density at radius 2 is 1.74 bits per heavy atom. The molecule has 2 aromatic carbocycles. The summed E-state index contributed by atoms with van der Waals surface area (Å²) in [7, 11) is 0. The fourth-order valence-corrected chi connectivity index (χ4v) is 2.29. The number of hydrogen-bond donors (Lipinski definition) is 0. The van der Waals surface area contributed by atoms with Crippen molar-refractivity contribution >= 4 is 23.4 Å². The van der Waals surface area contributed by atoms with Gasteiger partial charge in [0.05, 0.1) is 6.54 Å². The number of hydrogen-bond acceptors (Lipinski definition) is 2. The average Bonchev–Trinajstić information content (AvgIpc) is 2.77. The highest BCUT2D eigenvalue weighted by Crippen LogP contribution is 2.24. The van der Waals surface area contributed by atoms with Gasteiger partial charge in [-0.1, -0.05) is 29.8 Å². The number of rotatable bonds is 1. The van der Waals surface area contributed by atoms with Gasteiger partial charge in [0.2, 0.25) is 0 Å². The van der Waals surface area contributed by atoms with Gasteiger partial charge in [-0.05, 0) is 35.9 Å². The predicted molar refractivity (Wildman–Crippen MR) is 72.1 cm³/mol. The zero-order valence-electron chi connectivity index (χ0n) is 9.97. The van der Waals surface area contributed by atoms with Crippen LogP contribution in [-0.2, 0) is 6.54 Å². The first kappa shape index (κ1) is 11.9. The van der Waals surface area contributed by atoms with Gasteiger partial charge < -0.3 is 0 Å². The number of carbonyl (C=O) groups excluding carboxylic acids is 2. The molecule has 0 radical (unpaired) electrons. The van der Waals surface area contributed by atoms with Crippen molar-refractivity contribution in [2.45, 2.75) is 6.54 Å². The number of amides is 2. The van der Waals surface area contributed by atoms with Gasteiger partial charge in [-0.15, -0.1) is 0 Å². The summed E-state index contributed by atoms with van der Waals surface area (Å²) in [6.45, 7) is 0.330. The van der Waals surface area contributed by atoms with Crippen molar-refractivity contribution in [1.82, 2.24) is 4.90 Å². The summed E-state index contributed by atoms with van der Waals surface area (Å²) in [5.74, 6) is -0.534. The van der Waals surface area contributed by atoms with Crippen molar-refractivity contribution in [3.63, 3.8) is 0 Å². The third-order valence-electron chi connectivity index (χ3n) is 3.16. The largest absolute Gasteiger partial charge is 0.270 e. The second-order valence-corrected chi connectivity index (χ2v) is 4.80. The van der Waals surface area contributed by atoms with E-state index in [0.29, 0.717) is 22.7 Å². The van der Waals surface area contributed by atoms with Gasteiger partial charge in [-0.3, -0.25) is 14.5 Å². The van der Waals surface area contributed by atoms with Crippen LogP contribution in [0.25, 0.3) is 0 Å². The minimum absolute atomic E-state index is 0.240. The van der Waals surface area contributed by atoms with E-state index in [-0.39, 0.29) is 11.8 Å². The normalized spacial score (nSPS) is 13.5. The van der Waals surface area contributed by atoms with Crippen molar-refractivity contribution in [3.05, 3.63) is 70.2 Å². The highest BCUT2D eigenvalue weighted by Gasteiger charge is 2.31. The molecule has 1 aliphatic heterocycles. The molecule has 2 amide bonds. The van der Waals surface area contributed by atoms with E-state index in [9.17, 15) is 9.59 Å². The van der Waals surface area contributed by atoms with E-state index in [1.54, 1.807) is 36.4 Å². The van der Waals surface area contributed by atoms with E-state index in [1.165, 1.54) is 4.90 Å². The van der Waals surface area contributed by atoms with Crippen LogP contribution < -0.4 is 0 Å². The zero-order valence-corrected chi connectivity index (χ0v) is 10.7. The molecule has 0 N–H and O–H groups in total. The van der Waals surface area contributed by atoms with Crippen molar-refractivity contribution in [2.24, 2.45) is 0 Å². The first-order chi connectivity index (χ1) is 9.16. The molecule has 94 valence electrons. The van der Waals surface area contributed by atoms with E-state index >= 15 is 0 Å². The summed E-state index contributed by atoms with van der Waals surface area (Å²) >= 11 is 5.79. The quantitative estimate of drug-likeness (QED) is 0.747. The molecule has 0 saturated heterocycles. The molecule has 0 saturated carbocycles. The third-order valence-corrected chi connectivity index (χ3v) is 3.41. The minimum Gasteiger partial charge on any atom is -0.270 e. The topological polar surface area (TPSA) is 37.4 Å². The van der Waals surface area contributed by atoms with E-state index < -0.39 is 0 Å². The molecule has 4 heteroatoms. The molecule has 0 aromatic heterocycles. The standard InChI is InChI=1S/C15H10ClNO2/c16-12-7-5-10(6-8-12)14(18)17-9-11-3-1-2-4-13(11)15(17)19/h1-8H,9H2. The lowest BCUT2D eigenvalue weighted by molar-refractivity contribution is 0.0631. The third kappa shape index (κ3) is 2.02. The van der Waals surface area contributed by atoms with Crippen LogP contribution in [0.5, 0.6) is 0 Å². The second-order valence-electron chi connectivity index (χ2n) is 4.36. The minimum atomic E-state index is -0.294. The average molecular weight is 272 g/mol. The summed E-state index contributed by atoms with van der Waals surface area (Å²) in [5, 5.41) is 0.563. The van der Waals surface area contributed by atoms with Crippen molar-refractivity contribution in [1.29, 1.82) is 0 Å². The highest BCUT2D eigenvalue weighted by atomic mass is 35.5. The van der Waals surface area contributed by atoms with Crippen molar-refractivity contribution < 1.29 is 9.59 Å². The zero-order chi connectivity index (χ0) is 13.4. The molecule has 0 bridgehead atoms. The second kappa shape index (κ2) is 4.52. The van der Waals surface area contributed by atoms with Crippen molar-refractivity contribution in [3.8, 4) is 0 Å². The molecule has 0 aliphatic carbocycles. The Labute approximate surface area is 115 Å². The summed E-state index contributed by atoms with van der Waals surface area (Å²) < 4.78 is 0. The van der Waals surface area contributed by atoms with Gasteiger partial charge >= 0.3 is 0 Å². The first-order valence-corrected chi connectivity index (χ1v) is 6.24. The van der Waals surface area contributed by atoms with Crippen LogP contribution >= 0.6 is 11.6 Å². The fraction of sp³-hybridized carbons (Fsp3) is 0.0667. The van der Waals surface area contributed by atoms with E-state index in [1.807, 2.05) is 12.1 Å². The van der Waals surface area contributed by atoms with Gasteiger partial charge in [0.25, 0.3) is 11.8 Å². The number of imide groups is 1. The number of benzene rings is 2. The Hall–Kier alpha value is -2.13. The molecule has 0 fully saturated rings. The lowest BCUT2D eigenvalue weighted by atomic mass is 10.1. The smallest absolute Gasteiger partial charge is 0.261 e. The van der Waals surface area contributed by atoms with E-state index in [4.69, 9.17) is 11.6 Å². The number of carbonyl (C=O) groups is 2. The summed E-state index contributed by atoms with van der Waals surface area (Å²) in [5.41, 5.74) is 1.95. The fourth-order valence-electron chi connectivity index (χ4n) is 2.17. The van der Waals surface area contributed by atoms with Gasteiger partial charge in [-0.2, -0.15) is 0 Å². The van der Waals surface area contributed by atoms with Crippen LogP contribution in [0.3, 0.4) is 0 Å².